The van der Waals surface area contributed by atoms with E-state index in [9.17, 15) is 9.59 Å². The van der Waals surface area contributed by atoms with E-state index >= 15 is 0 Å². The lowest BCUT2D eigenvalue weighted by Gasteiger charge is -2.18. The Balaban J connectivity index is 2.03. The third-order valence-corrected chi connectivity index (χ3v) is 9.02. The predicted octanol–water partition coefficient (Wildman–Crippen LogP) is 10.0. The van der Waals surface area contributed by atoms with Gasteiger partial charge >= 0.3 is 11.9 Å². The molecule has 242 valence electrons. The van der Waals surface area contributed by atoms with E-state index < -0.39 is 0 Å². The molecule has 0 aliphatic heterocycles. The van der Waals surface area contributed by atoms with Crippen LogP contribution in [0, 0.1) is 11.8 Å². The van der Waals surface area contributed by atoms with Crippen molar-refractivity contribution in [2.24, 2.45) is 11.8 Å². The van der Waals surface area contributed by atoms with Crippen LogP contribution in [0.5, 0.6) is 0 Å². The maximum atomic E-state index is 12.4. The van der Waals surface area contributed by atoms with Gasteiger partial charge in [-0.2, -0.15) is 0 Å². The second-order valence-corrected chi connectivity index (χ2v) is 13.3. The predicted molar refractivity (Wildman–Crippen MR) is 173 cm³/mol. The first kappa shape index (κ1) is 37.9. The van der Waals surface area contributed by atoms with E-state index in [0.717, 1.165) is 44.1 Å². The highest BCUT2D eigenvalue weighted by atomic mass is 16.5. The minimum absolute atomic E-state index is 0.00736. The zero-order chi connectivity index (χ0) is 30.0. The molecule has 0 saturated heterocycles. The fourth-order valence-corrected chi connectivity index (χ4v) is 6.19. The maximum absolute atomic E-state index is 12.4. The van der Waals surface area contributed by atoms with Crippen LogP contribution in [-0.2, 0) is 19.1 Å². The van der Waals surface area contributed by atoms with Gasteiger partial charge in [0.15, 0.2) is 0 Å². The fourth-order valence-electron chi connectivity index (χ4n) is 6.19. The summed E-state index contributed by atoms with van der Waals surface area (Å²) in [5, 5.41) is 0. The summed E-state index contributed by atoms with van der Waals surface area (Å²) in [4.78, 5) is 25.7. The Morgan fingerprint density at radius 1 is 0.634 bits per heavy atom. The van der Waals surface area contributed by atoms with Gasteiger partial charge in [-0.3, -0.25) is 9.59 Å². The van der Waals surface area contributed by atoms with E-state index in [2.05, 4.69) is 25.9 Å². The van der Waals surface area contributed by atoms with Crippen molar-refractivity contribution >= 4 is 11.9 Å². The highest BCUT2D eigenvalue weighted by molar-refractivity contribution is 5.69. The molecule has 5 nitrogen and oxygen atoms in total. The minimum atomic E-state index is -0.0681. The molecule has 0 aromatic heterocycles. The number of esters is 2. The summed E-state index contributed by atoms with van der Waals surface area (Å²) in [6.45, 7) is 3.21. The zero-order valence-corrected chi connectivity index (χ0v) is 27.9. The van der Waals surface area contributed by atoms with E-state index in [1.54, 1.807) is 0 Å². The van der Waals surface area contributed by atoms with Gasteiger partial charge in [-0.15, -0.1) is 0 Å². The molecule has 0 amide bonds. The van der Waals surface area contributed by atoms with E-state index in [0.29, 0.717) is 12.8 Å². The Kier molecular flexibility index (Phi) is 24.5. The van der Waals surface area contributed by atoms with Crippen LogP contribution in [-0.4, -0.2) is 50.7 Å². The van der Waals surface area contributed by atoms with Gasteiger partial charge in [-0.1, -0.05) is 116 Å². The summed E-state index contributed by atoms with van der Waals surface area (Å²) in [5.41, 5.74) is 0. The number of ether oxygens (including phenoxy) is 2. The third-order valence-electron chi connectivity index (χ3n) is 9.02. The van der Waals surface area contributed by atoms with Crippen molar-refractivity contribution in [2.45, 2.75) is 180 Å². The van der Waals surface area contributed by atoms with Crippen LogP contribution in [0.15, 0.2) is 0 Å². The van der Waals surface area contributed by atoms with E-state index in [-0.39, 0.29) is 18.0 Å². The molecular weight excluding hydrogens is 510 g/mol. The molecule has 41 heavy (non-hydrogen) atoms. The van der Waals surface area contributed by atoms with Crippen molar-refractivity contribution in [2.75, 3.05) is 27.7 Å². The normalized spacial score (nSPS) is 17.1. The van der Waals surface area contributed by atoms with Crippen molar-refractivity contribution in [3.63, 3.8) is 0 Å². The highest BCUT2D eigenvalue weighted by Crippen LogP contribution is 2.45. The van der Waals surface area contributed by atoms with Gasteiger partial charge in [0.05, 0.1) is 7.11 Å². The Bertz CT molecular complexity index is 623. The summed E-state index contributed by atoms with van der Waals surface area (Å²) in [7, 11) is 5.59. The monoisotopic (exact) mass is 580 g/mol. The number of carbonyl (C=O) groups excluding carboxylic acids is 2. The quantitative estimate of drug-likeness (QED) is 0.0626. The average Bonchev–Trinajstić information content (AvgIpc) is 3.70. The van der Waals surface area contributed by atoms with E-state index in [1.807, 2.05) is 0 Å². The van der Waals surface area contributed by atoms with Crippen LogP contribution >= 0.6 is 0 Å². The first-order valence-electron chi connectivity index (χ1n) is 17.9. The lowest BCUT2D eigenvalue weighted by atomic mass is 10.0. The molecule has 0 radical (unpaired) electrons. The average molecular weight is 580 g/mol. The van der Waals surface area contributed by atoms with Crippen molar-refractivity contribution in [3.05, 3.63) is 0 Å². The topological polar surface area (TPSA) is 55.8 Å². The smallest absolute Gasteiger partial charge is 0.306 e. The molecule has 1 fully saturated rings. The highest BCUT2D eigenvalue weighted by Gasteiger charge is 2.35. The number of hydrogen-bond donors (Lipinski definition) is 0. The SMILES string of the molecule is CCCCCCCCCC(CCCCCCCCCCC1CC1CCCCCC(=O)OC)OC(=O)CCCN(C)C. The number of methoxy groups -OCH3 is 1. The molecule has 0 aromatic rings. The maximum Gasteiger partial charge on any atom is 0.306 e. The standard InChI is InChI=1S/C36H69NO4/c1-5-6-7-8-11-15-20-26-34(41-36(39)29-23-30-37(2)3)27-21-16-13-10-9-12-14-18-24-32-31-33(32)25-19-17-22-28-35(38)40-4/h32-34H,5-31H2,1-4H3. The molecule has 0 heterocycles. The summed E-state index contributed by atoms with van der Waals surface area (Å²) in [6, 6.07) is 0. The Hall–Kier alpha value is -1.10. The number of carbonyl (C=O) groups is 2. The van der Waals surface area contributed by atoms with Gasteiger partial charge in [-0.05, 0) is 77.4 Å². The van der Waals surface area contributed by atoms with E-state index in [1.165, 1.54) is 136 Å². The molecular formula is C36H69NO4. The second-order valence-electron chi connectivity index (χ2n) is 13.3. The molecule has 0 N–H and O–H groups in total. The van der Waals surface area contributed by atoms with Crippen molar-refractivity contribution in [1.82, 2.24) is 4.90 Å². The van der Waals surface area contributed by atoms with Crippen LogP contribution in [0.2, 0.25) is 0 Å². The summed E-state index contributed by atoms with van der Waals surface area (Å²) in [6.07, 6.45) is 31.8. The van der Waals surface area contributed by atoms with Crippen LogP contribution in [0.3, 0.4) is 0 Å². The second kappa shape index (κ2) is 26.5. The third kappa shape index (κ3) is 24.1. The van der Waals surface area contributed by atoms with Crippen molar-refractivity contribution in [3.8, 4) is 0 Å². The molecule has 0 aromatic carbocycles. The first-order valence-corrected chi connectivity index (χ1v) is 17.9. The molecule has 3 atom stereocenters. The van der Waals surface area contributed by atoms with Crippen molar-refractivity contribution < 1.29 is 19.1 Å². The lowest BCUT2D eigenvalue weighted by molar-refractivity contribution is -0.150. The molecule has 5 heteroatoms. The molecule has 1 saturated carbocycles. The summed E-state index contributed by atoms with van der Waals surface area (Å²) in [5.74, 6) is 1.90. The lowest BCUT2D eigenvalue weighted by Crippen LogP contribution is -2.20. The summed E-state index contributed by atoms with van der Waals surface area (Å²) >= 11 is 0. The Morgan fingerprint density at radius 2 is 1.10 bits per heavy atom. The number of hydrogen-bond acceptors (Lipinski definition) is 5. The number of nitrogens with zero attached hydrogens (tertiary/aromatic N) is 1. The van der Waals surface area contributed by atoms with Crippen LogP contribution in [0.4, 0.5) is 0 Å². The van der Waals surface area contributed by atoms with E-state index in [4.69, 9.17) is 9.47 Å². The molecule has 1 rings (SSSR count). The van der Waals surface area contributed by atoms with Gasteiger partial charge in [-0.25, -0.2) is 0 Å². The number of rotatable bonds is 30. The van der Waals surface area contributed by atoms with Gasteiger partial charge in [0.1, 0.15) is 6.10 Å². The molecule has 0 spiro atoms. The Morgan fingerprint density at radius 3 is 1.61 bits per heavy atom. The van der Waals surface area contributed by atoms with Crippen LogP contribution < -0.4 is 0 Å². The molecule has 1 aliphatic carbocycles. The van der Waals surface area contributed by atoms with Crippen LogP contribution in [0.1, 0.15) is 174 Å². The van der Waals surface area contributed by atoms with Crippen LogP contribution in [0.25, 0.3) is 0 Å². The van der Waals surface area contributed by atoms with Gasteiger partial charge in [0.25, 0.3) is 0 Å². The first-order chi connectivity index (χ1) is 20.0. The van der Waals surface area contributed by atoms with Gasteiger partial charge in [0.2, 0.25) is 0 Å². The largest absolute Gasteiger partial charge is 0.469 e. The fraction of sp³-hybridized carbons (Fsp3) is 0.944. The molecule has 0 bridgehead atoms. The minimum Gasteiger partial charge on any atom is -0.469 e. The number of unbranched alkanes of at least 4 members (excludes halogenated alkanes) is 15. The molecule has 3 unspecified atom stereocenters. The molecule has 1 aliphatic rings. The Labute approximate surface area is 255 Å². The van der Waals surface area contributed by atoms with Gasteiger partial charge in [0, 0.05) is 12.8 Å². The zero-order valence-electron chi connectivity index (χ0n) is 27.9. The van der Waals surface area contributed by atoms with Crippen molar-refractivity contribution in [1.29, 1.82) is 0 Å². The summed E-state index contributed by atoms with van der Waals surface area (Å²) < 4.78 is 10.7. The van der Waals surface area contributed by atoms with Gasteiger partial charge < -0.3 is 14.4 Å².